The molecule has 0 spiro atoms. The number of carbonyl (C=O) groups excluding carboxylic acids is 2. The molecule has 0 aliphatic carbocycles. The van der Waals surface area contributed by atoms with Crippen LogP contribution in [0.2, 0.25) is 5.02 Å². The Bertz CT molecular complexity index is 828. The first-order chi connectivity index (χ1) is 13.4. The van der Waals surface area contributed by atoms with Gasteiger partial charge in [-0.05, 0) is 60.9 Å². The molecule has 2 amide bonds. The number of benzene rings is 2. The molecule has 2 rings (SSSR count). The Kier molecular flexibility index (Phi) is 8.08. The Balaban J connectivity index is 2.15. The lowest BCUT2D eigenvalue weighted by Crippen LogP contribution is -2.34. The molecule has 148 valence electrons. The molecule has 0 atom stereocenters. The summed E-state index contributed by atoms with van der Waals surface area (Å²) in [5.41, 5.74) is 1.35. The zero-order valence-electron chi connectivity index (χ0n) is 16.3. The predicted molar refractivity (Wildman–Crippen MR) is 112 cm³/mol. The van der Waals surface area contributed by atoms with Crippen molar-refractivity contribution in [2.75, 3.05) is 13.2 Å². The van der Waals surface area contributed by atoms with Gasteiger partial charge in [0.05, 0.1) is 6.61 Å². The maximum absolute atomic E-state index is 12.6. The fourth-order valence-electron chi connectivity index (χ4n) is 2.30. The lowest BCUT2D eigenvalue weighted by atomic mass is 10.1. The van der Waals surface area contributed by atoms with Crippen molar-refractivity contribution in [3.8, 4) is 5.75 Å². The van der Waals surface area contributed by atoms with E-state index in [4.69, 9.17) is 16.3 Å². The number of carbonyl (C=O) groups is 2. The second kappa shape index (κ2) is 10.5. The molecule has 0 aliphatic heterocycles. The van der Waals surface area contributed by atoms with Crippen LogP contribution in [0.15, 0.2) is 54.2 Å². The first-order valence-electron chi connectivity index (χ1n) is 9.18. The zero-order chi connectivity index (χ0) is 20.5. The maximum atomic E-state index is 12.6. The summed E-state index contributed by atoms with van der Waals surface area (Å²) in [6, 6.07) is 13.8. The molecule has 2 aromatic rings. The number of nitrogens with one attached hydrogen (secondary N) is 2. The number of hydrogen-bond acceptors (Lipinski definition) is 3. The number of hydrogen-bond donors (Lipinski definition) is 2. The highest BCUT2D eigenvalue weighted by molar-refractivity contribution is 6.30. The number of likely N-dealkylation sites (N-methyl/N-ethyl adjacent to an activating group) is 1. The first-order valence-corrected chi connectivity index (χ1v) is 9.56. The number of ether oxygens (including phenoxy) is 1. The van der Waals surface area contributed by atoms with Crippen molar-refractivity contribution >= 4 is 29.5 Å². The smallest absolute Gasteiger partial charge is 0.267 e. The van der Waals surface area contributed by atoms with Crippen LogP contribution in [0, 0.1) is 5.92 Å². The van der Waals surface area contributed by atoms with Gasteiger partial charge in [-0.1, -0.05) is 37.6 Å². The SMILES string of the molecule is CCNC(=O)/C(=C/c1ccc(Cl)cc1)NC(=O)c1ccc(OCC(C)C)cc1. The highest BCUT2D eigenvalue weighted by Crippen LogP contribution is 2.15. The third-order valence-electron chi connectivity index (χ3n) is 3.71. The van der Waals surface area contributed by atoms with Gasteiger partial charge < -0.3 is 15.4 Å². The van der Waals surface area contributed by atoms with E-state index in [2.05, 4.69) is 24.5 Å². The Hall–Kier alpha value is -2.79. The van der Waals surface area contributed by atoms with E-state index in [0.717, 1.165) is 5.56 Å². The van der Waals surface area contributed by atoms with E-state index in [1.807, 2.05) is 6.92 Å². The largest absolute Gasteiger partial charge is 0.493 e. The van der Waals surface area contributed by atoms with Crippen LogP contribution in [0.4, 0.5) is 0 Å². The van der Waals surface area contributed by atoms with Gasteiger partial charge in [0.2, 0.25) is 0 Å². The maximum Gasteiger partial charge on any atom is 0.267 e. The number of amides is 2. The Morgan fingerprint density at radius 2 is 1.71 bits per heavy atom. The van der Waals surface area contributed by atoms with Crippen LogP contribution >= 0.6 is 11.6 Å². The molecule has 0 aromatic heterocycles. The van der Waals surface area contributed by atoms with Crippen molar-refractivity contribution in [3.05, 3.63) is 70.4 Å². The van der Waals surface area contributed by atoms with Gasteiger partial charge in [-0.15, -0.1) is 0 Å². The Morgan fingerprint density at radius 3 is 2.29 bits per heavy atom. The third-order valence-corrected chi connectivity index (χ3v) is 3.96. The summed E-state index contributed by atoms with van der Waals surface area (Å²) in [6.45, 7) is 7.01. The third kappa shape index (κ3) is 6.74. The molecule has 0 aliphatic rings. The minimum absolute atomic E-state index is 0.161. The minimum Gasteiger partial charge on any atom is -0.493 e. The molecule has 0 saturated carbocycles. The molecular formula is C22H25ClN2O3. The van der Waals surface area contributed by atoms with Crippen molar-refractivity contribution < 1.29 is 14.3 Å². The van der Waals surface area contributed by atoms with Crippen molar-refractivity contribution in [1.29, 1.82) is 0 Å². The monoisotopic (exact) mass is 400 g/mol. The first kappa shape index (κ1) is 21.5. The van der Waals surface area contributed by atoms with E-state index in [1.54, 1.807) is 54.6 Å². The van der Waals surface area contributed by atoms with E-state index >= 15 is 0 Å². The van der Waals surface area contributed by atoms with E-state index in [0.29, 0.717) is 35.4 Å². The van der Waals surface area contributed by atoms with Gasteiger partial charge in [0.1, 0.15) is 11.4 Å². The average Bonchev–Trinajstić information content (AvgIpc) is 2.68. The Labute approximate surface area is 170 Å². The molecular weight excluding hydrogens is 376 g/mol. The van der Waals surface area contributed by atoms with Gasteiger partial charge in [-0.3, -0.25) is 9.59 Å². The van der Waals surface area contributed by atoms with Gasteiger partial charge in [0.25, 0.3) is 11.8 Å². The van der Waals surface area contributed by atoms with Crippen molar-refractivity contribution in [2.45, 2.75) is 20.8 Å². The zero-order valence-corrected chi connectivity index (χ0v) is 17.0. The second-order valence-corrected chi connectivity index (χ2v) is 7.09. The molecule has 5 nitrogen and oxygen atoms in total. The fourth-order valence-corrected chi connectivity index (χ4v) is 2.43. The minimum atomic E-state index is -0.373. The standard InChI is InChI=1S/C22H25ClN2O3/c1-4-24-22(27)20(13-16-5-9-18(23)10-6-16)25-21(26)17-7-11-19(12-8-17)28-14-15(2)3/h5-13,15H,4,14H2,1-3H3,(H,24,27)(H,25,26)/b20-13-. The molecule has 2 N–H and O–H groups in total. The molecule has 0 fully saturated rings. The van der Waals surface area contributed by atoms with Crippen molar-refractivity contribution in [3.63, 3.8) is 0 Å². The molecule has 0 heterocycles. The highest BCUT2D eigenvalue weighted by atomic mass is 35.5. The van der Waals surface area contributed by atoms with Gasteiger partial charge in [-0.2, -0.15) is 0 Å². The van der Waals surface area contributed by atoms with E-state index in [1.165, 1.54) is 0 Å². The number of halogens is 1. The molecule has 2 aromatic carbocycles. The fraction of sp³-hybridized carbons (Fsp3) is 0.273. The highest BCUT2D eigenvalue weighted by Gasteiger charge is 2.14. The summed E-state index contributed by atoms with van der Waals surface area (Å²) >= 11 is 5.90. The molecule has 0 saturated heterocycles. The van der Waals surface area contributed by atoms with Crippen LogP contribution in [-0.2, 0) is 4.79 Å². The summed E-state index contributed by atoms with van der Waals surface area (Å²) in [4.78, 5) is 24.9. The summed E-state index contributed by atoms with van der Waals surface area (Å²) in [6.07, 6.45) is 1.61. The summed E-state index contributed by atoms with van der Waals surface area (Å²) in [5.74, 6) is 0.385. The second-order valence-electron chi connectivity index (χ2n) is 6.65. The molecule has 28 heavy (non-hydrogen) atoms. The lowest BCUT2D eigenvalue weighted by molar-refractivity contribution is -0.117. The van der Waals surface area contributed by atoms with Crippen molar-refractivity contribution in [1.82, 2.24) is 10.6 Å². The van der Waals surface area contributed by atoms with E-state index < -0.39 is 0 Å². The summed E-state index contributed by atoms with van der Waals surface area (Å²) in [7, 11) is 0. The van der Waals surface area contributed by atoms with Crippen LogP contribution in [0.5, 0.6) is 5.75 Å². The van der Waals surface area contributed by atoms with Gasteiger partial charge in [0, 0.05) is 17.1 Å². The average molecular weight is 401 g/mol. The Morgan fingerprint density at radius 1 is 1.07 bits per heavy atom. The molecule has 0 radical (unpaired) electrons. The van der Waals surface area contributed by atoms with Crippen LogP contribution in [0.3, 0.4) is 0 Å². The van der Waals surface area contributed by atoms with E-state index in [9.17, 15) is 9.59 Å². The molecule has 0 unspecified atom stereocenters. The number of rotatable bonds is 8. The van der Waals surface area contributed by atoms with Gasteiger partial charge in [-0.25, -0.2) is 0 Å². The normalized spacial score (nSPS) is 11.2. The van der Waals surface area contributed by atoms with Crippen LogP contribution < -0.4 is 15.4 Å². The lowest BCUT2D eigenvalue weighted by Gasteiger charge is -2.11. The summed E-state index contributed by atoms with van der Waals surface area (Å²) < 4.78 is 5.62. The van der Waals surface area contributed by atoms with Crippen LogP contribution in [-0.4, -0.2) is 25.0 Å². The molecule has 6 heteroatoms. The van der Waals surface area contributed by atoms with Gasteiger partial charge >= 0.3 is 0 Å². The summed E-state index contributed by atoms with van der Waals surface area (Å²) in [5, 5.41) is 5.99. The van der Waals surface area contributed by atoms with Gasteiger partial charge in [0.15, 0.2) is 0 Å². The predicted octanol–water partition coefficient (Wildman–Crippen LogP) is 4.28. The van der Waals surface area contributed by atoms with Crippen molar-refractivity contribution in [2.24, 2.45) is 5.92 Å². The van der Waals surface area contributed by atoms with Crippen LogP contribution in [0.1, 0.15) is 36.7 Å². The molecule has 0 bridgehead atoms. The quantitative estimate of drug-likeness (QED) is 0.650. The van der Waals surface area contributed by atoms with E-state index in [-0.39, 0.29) is 17.5 Å². The van der Waals surface area contributed by atoms with Crippen LogP contribution in [0.25, 0.3) is 6.08 Å². The topological polar surface area (TPSA) is 67.4 Å².